The van der Waals surface area contributed by atoms with Crippen LogP contribution in [0, 0.1) is 0 Å². The van der Waals surface area contributed by atoms with Gasteiger partial charge in [0.15, 0.2) is 11.0 Å². The van der Waals surface area contributed by atoms with Crippen molar-refractivity contribution in [3.63, 3.8) is 0 Å². The molecule has 0 fully saturated rings. The molecule has 0 aliphatic heterocycles. The van der Waals surface area contributed by atoms with Gasteiger partial charge < -0.3 is 4.40 Å². The molecule has 0 aliphatic rings. The Labute approximate surface area is 170 Å². The fraction of sp³-hybridized carbons (Fsp3) is 0.105. The highest BCUT2D eigenvalue weighted by atomic mass is 35.5. The third-order valence-electron chi connectivity index (χ3n) is 3.96. The van der Waals surface area contributed by atoms with E-state index >= 15 is 0 Å². The number of pyridine rings is 1. The average Bonchev–Trinajstić information content (AvgIpc) is 3.24. The topological polar surface area (TPSA) is 48.0 Å². The van der Waals surface area contributed by atoms with Gasteiger partial charge in [0, 0.05) is 35.3 Å². The summed E-state index contributed by atoms with van der Waals surface area (Å²) in [4.78, 5) is 4.62. The van der Waals surface area contributed by atoms with Gasteiger partial charge in [0.05, 0.1) is 10.7 Å². The van der Waals surface area contributed by atoms with E-state index in [0.29, 0.717) is 28.2 Å². The fourth-order valence-corrected chi connectivity index (χ4v) is 4.08. The molecular weight excluding hydrogens is 401 g/mol. The molecule has 27 heavy (non-hydrogen) atoms. The van der Waals surface area contributed by atoms with Crippen LogP contribution in [0.15, 0.2) is 66.6 Å². The number of thioether (sulfide) groups is 1. The number of allylic oxidation sites excluding steroid dienone is 1. The molecule has 0 saturated heterocycles. The molecule has 0 saturated carbocycles. The SMILES string of the molecule is C=CCn1c(SCc2cn3ccccc3n2)nnc1-c1ccc(Cl)cc1Cl. The molecule has 0 unspecified atom stereocenters. The number of hydrogen-bond acceptors (Lipinski definition) is 4. The summed E-state index contributed by atoms with van der Waals surface area (Å²) in [7, 11) is 0. The second-order valence-electron chi connectivity index (χ2n) is 5.82. The van der Waals surface area contributed by atoms with E-state index in [4.69, 9.17) is 23.2 Å². The molecule has 0 amide bonds. The van der Waals surface area contributed by atoms with E-state index in [9.17, 15) is 0 Å². The Balaban J connectivity index is 1.62. The molecule has 0 atom stereocenters. The van der Waals surface area contributed by atoms with Crippen LogP contribution in [0.2, 0.25) is 10.0 Å². The van der Waals surface area contributed by atoms with Gasteiger partial charge in [0.25, 0.3) is 0 Å². The Kier molecular flexibility index (Phi) is 5.20. The number of aromatic nitrogens is 5. The van der Waals surface area contributed by atoms with Crippen LogP contribution in [-0.4, -0.2) is 24.1 Å². The molecule has 0 spiro atoms. The lowest BCUT2D eigenvalue weighted by Crippen LogP contribution is -2.01. The van der Waals surface area contributed by atoms with Gasteiger partial charge in [-0.2, -0.15) is 0 Å². The molecule has 3 heterocycles. The lowest BCUT2D eigenvalue weighted by atomic mass is 10.2. The van der Waals surface area contributed by atoms with Gasteiger partial charge >= 0.3 is 0 Å². The van der Waals surface area contributed by atoms with Crippen molar-refractivity contribution in [2.75, 3.05) is 0 Å². The molecule has 3 aromatic heterocycles. The zero-order valence-corrected chi connectivity index (χ0v) is 16.5. The van der Waals surface area contributed by atoms with Crippen LogP contribution in [0.5, 0.6) is 0 Å². The fourth-order valence-electron chi connectivity index (χ4n) is 2.75. The van der Waals surface area contributed by atoms with Crippen LogP contribution in [0.1, 0.15) is 5.69 Å². The number of hydrogen-bond donors (Lipinski definition) is 0. The van der Waals surface area contributed by atoms with Crippen molar-refractivity contribution in [1.82, 2.24) is 24.1 Å². The number of nitrogens with zero attached hydrogens (tertiary/aromatic N) is 5. The molecule has 0 N–H and O–H groups in total. The van der Waals surface area contributed by atoms with Crippen molar-refractivity contribution >= 4 is 40.6 Å². The Morgan fingerprint density at radius 1 is 1.15 bits per heavy atom. The maximum absolute atomic E-state index is 6.35. The van der Waals surface area contributed by atoms with Crippen molar-refractivity contribution in [3.05, 3.63) is 77.2 Å². The third-order valence-corrected chi connectivity index (χ3v) is 5.51. The first-order valence-corrected chi connectivity index (χ1v) is 9.95. The zero-order valence-electron chi connectivity index (χ0n) is 14.2. The van der Waals surface area contributed by atoms with Crippen molar-refractivity contribution in [2.45, 2.75) is 17.5 Å². The first-order valence-electron chi connectivity index (χ1n) is 8.20. The molecule has 4 rings (SSSR count). The first-order chi connectivity index (χ1) is 13.2. The van der Waals surface area contributed by atoms with Crippen LogP contribution >= 0.6 is 35.0 Å². The molecule has 4 aromatic rings. The third kappa shape index (κ3) is 3.74. The Morgan fingerprint density at radius 3 is 2.81 bits per heavy atom. The summed E-state index contributed by atoms with van der Waals surface area (Å²) in [5.41, 5.74) is 2.69. The summed E-state index contributed by atoms with van der Waals surface area (Å²) in [6, 6.07) is 11.3. The van der Waals surface area contributed by atoms with Crippen molar-refractivity contribution in [1.29, 1.82) is 0 Å². The highest BCUT2D eigenvalue weighted by Gasteiger charge is 2.16. The monoisotopic (exact) mass is 415 g/mol. The minimum absolute atomic E-state index is 0.539. The quantitative estimate of drug-likeness (QED) is 0.313. The van der Waals surface area contributed by atoms with Gasteiger partial charge in [-0.25, -0.2) is 4.98 Å². The molecule has 5 nitrogen and oxygen atoms in total. The number of fused-ring (bicyclic) bond motifs is 1. The van der Waals surface area contributed by atoms with Crippen LogP contribution in [0.3, 0.4) is 0 Å². The second kappa shape index (κ2) is 7.76. The number of rotatable bonds is 6. The van der Waals surface area contributed by atoms with E-state index < -0.39 is 0 Å². The molecule has 1 aromatic carbocycles. The molecule has 136 valence electrons. The van der Waals surface area contributed by atoms with Crippen LogP contribution < -0.4 is 0 Å². The van der Waals surface area contributed by atoms with E-state index in [0.717, 1.165) is 22.1 Å². The van der Waals surface area contributed by atoms with Crippen molar-refractivity contribution < 1.29 is 0 Å². The normalized spacial score (nSPS) is 11.2. The standard InChI is InChI=1S/C19H15Cl2N5S/c1-2-8-26-18(15-7-6-13(20)10-16(15)21)23-24-19(26)27-12-14-11-25-9-4-3-5-17(25)22-14/h2-7,9-11H,1,8,12H2. The van der Waals surface area contributed by atoms with Crippen LogP contribution in [-0.2, 0) is 12.3 Å². The molecule has 8 heteroatoms. The van der Waals surface area contributed by atoms with Gasteiger partial charge in [-0.05, 0) is 30.3 Å². The van der Waals surface area contributed by atoms with E-state index in [1.165, 1.54) is 0 Å². The van der Waals surface area contributed by atoms with Crippen LogP contribution in [0.4, 0.5) is 0 Å². The van der Waals surface area contributed by atoms with Gasteiger partial charge in [0.1, 0.15) is 5.65 Å². The summed E-state index contributed by atoms with van der Waals surface area (Å²) in [5, 5.41) is 10.6. The van der Waals surface area contributed by atoms with Crippen molar-refractivity contribution in [3.8, 4) is 11.4 Å². The lowest BCUT2D eigenvalue weighted by molar-refractivity contribution is 0.731. The summed E-state index contributed by atoms with van der Waals surface area (Å²) in [5.74, 6) is 1.37. The highest BCUT2D eigenvalue weighted by molar-refractivity contribution is 7.98. The van der Waals surface area contributed by atoms with Gasteiger partial charge in [-0.3, -0.25) is 4.57 Å². The van der Waals surface area contributed by atoms with E-state index in [1.54, 1.807) is 23.9 Å². The minimum Gasteiger partial charge on any atom is -0.307 e. The number of imidazole rings is 1. The lowest BCUT2D eigenvalue weighted by Gasteiger charge is -2.08. The summed E-state index contributed by atoms with van der Waals surface area (Å²) < 4.78 is 3.99. The van der Waals surface area contributed by atoms with E-state index in [1.807, 2.05) is 51.7 Å². The zero-order chi connectivity index (χ0) is 18.8. The number of benzene rings is 1. The van der Waals surface area contributed by atoms with Gasteiger partial charge in [-0.1, -0.05) is 47.1 Å². The second-order valence-corrected chi connectivity index (χ2v) is 7.60. The summed E-state index contributed by atoms with van der Waals surface area (Å²) >= 11 is 13.9. The molecule has 0 aliphatic carbocycles. The summed E-state index contributed by atoms with van der Waals surface area (Å²) in [6.45, 7) is 4.42. The predicted octanol–water partition coefficient (Wildman–Crippen LogP) is 5.38. The Morgan fingerprint density at radius 2 is 2.04 bits per heavy atom. The largest absolute Gasteiger partial charge is 0.307 e. The molecule has 0 bridgehead atoms. The number of halogens is 2. The molecular formula is C19H15Cl2N5S. The molecule has 0 radical (unpaired) electrons. The minimum atomic E-state index is 0.539. The first kappa shape index (κ1) is 18.1. The highest BCUT2D eigenvalue weighted by Crippen LogP contribution is 2.32. The Bertz CT molecular complexity index is 1090. The Hall–Kier alpha value is -2.28. The van der Waals surface area contributed by atoms with E-state index in [-0.39, 0.29) is 0 Å². The summed E-state index contributed by atoms with van der Waals surface area (Å²) in [6.07, 6.45) is 5.82. The maximum Gasteiger partial charge on any atom is 0.192 e. The van der Waals surface area contributed by atoms with Crippen LogP contribution in [0.25, 0.3) is 17.0 Å². The maximum atomic E-state index is 6.35. The smallest absolute Gasteiger partial charge is 0.192 e. The predicted molar refractivity (Wildman–Crippen MR) is 110 cm³/mol. The van der Waals surface area contributed by atoms with E-state index in [2.05, 4.69) is 21.8 Å². The average molecular weight is 416 g/mol. The van der Waals surface area contributed by atoms with Crippen molar-refractivity contribution in [2.24, 2.45) is 0 Å². The van der Waals surface area contributed by atoms with Gasteiger partial charge in [0.2, 0.25) is 0 Å². The van der Waals surface area contributed by atoms with Gasteiger partial charge in [-0.15, -0.1) is 16.8 Å².